The molecule has 2 aliphatic rings. The average Bonchev–Trinajstić information content (AvgIpc) is 3.15. The number of ether oxygens (including phenoxy) is 6. The largest absolute Gasteiger partial charge is 0.488 e. The summed E-state index contributed by atoms with van der Waals surface area (Å²) in [6.07, 6.45) is -10.8. The number of rotatable bonds is 10. The highest BCUT2D eigenvalue weighted by molar-refractivity contribution is 5.84. The Morgan fingerprint density at radius 2 is 0.880 bits per heavy atom. The van der Waals surface area contributed by atoms with Gasteiger partial charge >= 0.3 is 0 Å². The fourth-order valence-corrected chi connectivity index (χ4v) is 5.90. The van der Waals surface area contributed by atoms with Gasteiger partial charge in [0.2, 0.25) is 12.6 Å². The molecule has 6 N–H and O–H groups in total. The van der Waals surface area contributed by atoms with Gasteiger partial charge in [-0.05, 0) is 48.5 Å². The van der Waals surface area contributed by atoms with E-state index >= 15 is 0 Å². The molecule has 4 heterocycles. The zero-order valence-electron chi connectivity index (χ0n) is 26.5. The standard InChI is InChI=1S/C36H36N2O12/c39-29-25(17-45-23-9-1-5-19-7-3-15-37-27(19)23)49-35(33(43)31(29)41)47-21-11-13-22(14-12-21)48-36-34(44)32(42)30(40)26(50-36)18-46-24-10-2-6-20-8-4-16-38-28(20)24/h1-16,25-26,29-36,39-44H,17-18H2/t25-,26-,29-,30-,31+,32+,33-,34-,35-,36-/m1/s1. The van der Waals surface area contributed by atoms with Crippen molar-refractivity contribution in [1.29, 1.82) is 0 Å². The smallest absolute Gasteiger partial charge is 0.229 e. The molecule has 50 heavy (non-hydrogen) atoms. The normalized spacial score (nSPS) is 29.8. The van der Waals surface area contributed by atoms with E-state index in [1.807, 2.05) is 24.3 Å². The third-order valence-electron chi connectivity index (χ3n) is 8.66. The molecule has 7 rings (SSSR count). The van der Waals surface area contributed by atoms with Gasteiger partial charge in [-0.2, -0.15) is 0 Å². The molecule has 10 atom stereocenters. The lowest BCUT2D eigenvalue weighted by molar-refractivity contribution is -0.276. The van der Waals surface area contributed by atoms with E-state index in [0.29, 0.717) is 22.5 Å². The Labute approximate surface area is 285 Å². The number of para-hydroxylation sites is 2. The molecular weight excluding hydrogens is 652 g/mol. The fraction of sp³-hybridized carbons (Fsp3) is 0.333. The van der Waals surface area contributed by atoms with Gasteiger partial charge in [-0.1, -0.05) is 36.4 Å². The second kappa shape index (κ2) is 14.7. The van der Waals surface area contributed by atoms with Crippen molar-refractivity contribution in [3.63, 3.8) is 0 Å². The quantitative estimate of drug-likeness (QED) is 0.123. The predicted octanol–water partition coefficient (Wildman–Crippen LogP) is 1.31. The van der Waals surface area contributed by atoms with E-state index in [2.05, 4.69) is 9.97 Å². The summed E-state index contributed by atoms with van der Waals surface area (Å²) in [6, 6.07) is 24.2. The van der Waals surface area contributed by atoms with Crippen LogP contribution in [0.3, 0.4) is 0 Å². The summed E-state index contributed by atoms with van der Waals surface area (Å²) in [7, 11) is 0. The Bertz CT molecular complexity index is 1750. The van der Waals surface area contributed by atoms with Gasteiger partial charge < -0.3 is 59.1 Å². The highest BCUT2D eigenvalue weighted by atomic mass is 16.7. The lowest BCUT2D eigenvalue weighted by Gasteiger charge is -2.40. The monoisotopic (exact) mass is 688 g/mol. The van der Waals surface area contributed by atoms with E-state index in [4.69, 9.17) is 28.4 Å². The highest BCUT2D eigenvalue weighted by Gasteiger charge is 2.46. The van der Waals surface area contributed by atoms with Crippen molar-refractivity contribution in [2.75, 3.05) is 13.2 Å². The number of pyridine rings is 2. The maximum atomic E-state index is 10.6. The Balaban J connectivity index is 0.970. The fourth-order valence-electron chi connectivity index (χ4n) is 5.90. The number of aromatic nitrogens is 2. The molecule has 0 spiro atoms. The van der Waals surface area contributed by atoms with Gasteiger partial charge in [0, 0.05) is 23.2 Å². The Morgan fingerprint density at radius 3 is 1.30 bits per heavy atom. The van der Waals surface area contributed by atoms with E-state index in [-0.39, 0.29) is 24.7 Å². The highest BCUT2D eigenvalue weighted by Crippen LogP contribution is 2.31. The first-order chi connectivity index (χ1) is 24.3. The third kappa shape index (κ3) is 7.01. The molecule has 14 nitrogen and oxygen atoms in total. The summed E-state index contributed by atoms with van der Waals surface area (Å²) in [6.45, 7) is -0.329. The van der Waals surface area contributed by atoms with Gasteiger partial charge in [0.15, 0.2) is 0 Å². The Morgan fingerprint density at radius 1 is 0.480 bits per heavy atom. The van der Waals surface area contributed by atoms with Crippen LogP contribution in [0.5, 0.6) is 23.0 Å². The van der Waals surface area contributed by atoms with Crippen LogP contribution in [-0.4, -0.2) is 115 Å². The van der Waals surface area contributed by atoms with Crippen molar-refractivity contribution >= 4 is 21.8 Å². The minimum Gasteiger partial charge on any atom is -0.488 e. The number of aliphatic hydroxyl groups is 6. The molecule has 0 bridgehead atoms. The molecule has 0 radical (unpaired) electrons. The van der Waals surface area contributed by atoms with Gasteiger partial charge in [-0.15, -0.1) is 0 Å². The SMILES string of the molecule is O[C@@H]1[C@@H](O)[C@H](Oc2ccc(O[C@@H]3O[C@H](COc4cccc5cccnc45)[C@@H](O)[C@H](O)[C@H]3O)cc2)O[C@H](COc2cccc3cccnc23)[C@H]1O. The van der Waals surface area contributed by atoms with Crippen molar-refractivity contribution < 1.29 is 59.1 Å². The molecule has 14 heteroatoms. The number of nitrogens with zero attached hydrogens (tertiary/aromatic N) is 2. The summed E-state index contributed by atoms with van der Waals surface area (Å²) in [5.41, 5.74) is 1.24. The molecule has 262 valence electrons. The lowest BCUT2D eigenvalue weighted by atomic mass is 9.99. The van der Waals surface area contributed by atoms with Crippen LogP contribution in [0.1, 0.15) is 0 Å². The maximum Gasteiger partial charge on any atom is 0.229 e. The zero-order valence-corrected chi connectivity index (χ0v) is 26.5. The van der Waals surface area contributed by atoms with Gasteiger partial charge in [0.25, 0.3) is 0 Å². The van der Waals surface area contributed by atoms with Crippen molar-refractivity contribution in [3.8, 4) is 23.0 Å². The van der Waals surface area contributed by atoms with Crippen LogP contribution in [0.15, 0.2) is 97.3 Å². The number of benzene rings is 3. The van der Waals surface area contributed by atoms with Crippen LogP contribution in [-0.2, 0) is 9.47 Å². The number of fused-ring (bicyclic) bond motifs is 2. The molecular formula is C36H36N2O12. The summed E-state index contributed by atoms with van der Waals surface area (Å²) < 4.78 is 35.1. The van der Waals surface area contributed by atoms with E-state index in [0.717, 1.165) is 10.8 Å². The van der Waals surface area contributed by atoms with Crippen LogP contribution in [0.25, 0.3) is 21.8 Å². The summed E-state index contributed by atoms with van der Waals surface area (Å²) in [4.78, 5) is 8.69. The Kier molecular flexibility index (Phi) is 9.94. The zero-order chi connectivity index (χ0) is 34.8. The van der Waals surface area contributed by atoms with E-state index in [1.54, 1.807) is 48.8 Å². The van der Waals surface area contributed by atoms with Gasteiger partial charge in [0.05, 0.1) is 0 Å². The molecule has 0 saturated carbocycles. The van der Waals surface area contributed by atoms with Gasteiger partial charge in [-0.25, -0.2) is 0 Å². The van der Waals surface area contributed by atoms with Crippen LogP contribution >= 0.6 is 0 Å². The maximum absolute atomic E-state index is 10.6. The number of hydrogen-bond donors (Lipinski definition) is 6. The summed E-state index contributed by atoms with van der Waals surface area (Å²) in [5, 5.41) is 65.3. The van der Waals surface area contributed by atoms with E-state index in [9.17, 15) is 30.6 Å². The molecule has 0 aliphatic carbocycles. The molecule has 5 aromatic rings. The molecule has 3 aromatic carbocycles. The molecule has 0 unspecified atom stereocenters. The third-order valence-corrected chi connectivity index (χ3v) is 8.66. The van der Waals surface area contributed by atoms with Crippen LogP contribution in [0.2, 0.25) is 0 Å². The molecule has 0 amide bonds. The van der Waals surface area contributed by atoms with E-state index < -0.39 is 61.4 Å². The van der Waals surface area contributed by atoms with Crippen molar-refractivity contribution in [3.05, 3.63) is 97.3 Å². The van der Waals surface area contributed by atoms with Crippen molar-refractivity contribution in [1.82, 2.24) is 9.97 Å². The predicted molar refractivity (Wildman–Crippen MR) is 176 cm³/mol. The molecule has 2 saturated heterocycles. The summed E-state index contributed by atoms with van der Waals surface area (Å²) >= 11 is 0. The van der Waals surface area contributed by atoms with Crippen molar-refractivity contribution in [2.24, 2.45) is 0 Å². The Hall–Kier alpha value is -4.64. The van der Waals surface area contributed by atoms with Crippen LogP contribution < -0.4 is 18.9 Å². The minimum atomic E-state index is -1.59. The van der Waals surface area contributed by atoms with E-state index in [1.165, 1.54) is 24.3 Å². The minimum absolute atomic E-state index is 0.164. The first kappa shape index (κ1) is 33.8. The second-order valence-corrected chi connectivity index (χ2v) is 12.0. The second-order valence-electron chi connectivity index (χ2n) is 12.0. The summed E-state index contributed by atoms with van der Waals surface area (Å²) in [5.74, 6) is 1.36. The first-order valence-corrected chi connectivity index (χ1v) is 16.0. The van der Waals surface area contributed by atoms with Gasteiger partial charge in [0.1, 0.15) is 96.1 Å². The molecule has 2 aromatic heterocycles. The topological polar surface area (TPSA) is 203 Å². The lowest BCUT2D eigenvalue weighted by Crippen LogP contribution is -2.60. The average molecular weight is 689 g/mol. The molecule has 2 aliphatic heterocycles. The number of hydrogen-bond acceptors (Lipinski definition) is 14. The first-order valence-electron chi connectivity index (χ1n) is 16.0. The van der Waals surface area contributed by atoms with Crippen LogP contribution in [0, 0.1) is 0 Å². The number of aliphatic hydroxyl groups excluding tert-OH is 6. The van der Waals surface area contributed by atoms with Crippen LogP contribution in [0.4, 0.5) is 0 Å². The van der Waals surface area contributed by atoms with Crippen molar-refractivity contribution in [2.45, 2.75) is 61.4 Å². The molecule has 2 fully saturated rings. The van der Waals surface area contributed by atoms with Gasteiger partial charge in [-0.3, -0.25) is 9.97 Å².